The van der Waals surface area contributed by atoms with E-state index in [9.17, 15) is 13.5 Å². The first kappa shape index (κ1) is 19.9. The largest absolute Gasteiger partial charge is 0.504 e. The number of hydrogen-bond donors (Lipinski definition) is 2. The number of fused-ring (bicyclic) bond motifs is 1. The summed E-state index contributed by atoms with van der Waals surface area (Å²) in [7, 11) is -3.89. The van der Waals surface area contributed by atoms with E-state index in [4.69, 9.17) is 11.6 Å². The maximum Gasteiger partial charge on any atom is 0.262 e. The lowest BCUT2D eigenvalue weighted by atomic mass is 10.1. The summed E-state index contributed by atoms with van der Waals surface area (Å²) in [5.74, 6) is -0.288. The van der Waals surface area contributed by atoms with E-state index in [2.05, 4.69) is 9.71 Å². The van der Waals surface area contributed by atoms with Crippen molar-refractivity contribution in [1.29, 1.82) is 0 Å². The van der Waals surface area contributed by atoms with Gasteiger partial charge in [-0.25, -0.2) is 13.4 Å². The summed E-state index contributed by atoms with van der Waals surface area (Å²) in [5.41, 5.74) is 1.78. The lowest BCUT2D eigenvalue weighted by Crippen LogP contribution is -2.13. The molecule has 0 saturated heterocycles. The lowest BCUT2D eigenvalue weighted by molar-refractivity contribution is 0.482. The zero-order valence-corrected chi connectivity index (χ0v) is 17.2. The summed E-state index contributed by atoms with van der Waals surface area (Å²) in [6.45, 7) is 0. The molecule has 0 fully saturated rings. The number of aromatic nitrogens is 1. The van der Waals surface area contributed by atoms with E-state index in [0.717, 1.165) is 5.56 Å². The van der Waals surface area contributed by atoms with Crippen molar-refractivity contribution in [2.75, 3.05) is 4.72 Å². The number of pyridine rings is 1. The van der Waals surface area contributed by atoms with Gasteiger partial charge in [-0.15, -0.1) is 0 Å². The molecule has 4 aromatic rings. The fraction of sp³-hybridized carbons (Fsp3) is 0. The van der Waals surface area contributed by atoms with Crippen molar-refractivity contribution >= 4 is 50.4 Å². The van der Waals surface area contributed by atoms with E-state index in [1.54, 1.807) is 30.3 Å². The van der Waals surface area contributed by atoms with Gasteiger partial charge in [0.25, 0.3) is 10.0 Å². The number of nitrogens with one attached hydrogen (secondary N) is 1. The molecule has 1 aromatic heterocycles. The van der Waals surface area contributed by atoms with E-state index >= 15 is 0 Å². The molecule has 150 valence electrons. The molecule has 0 saturated carbocycles. The first-order valence-corrected chi connectivity index (χ1v) is 10.9. The van der Waals surface area contributed by atoms with Crippen LogP contribution < -0.4 is 4.72 Å². The zero-order chi connectivity index (χ0) is 21.1. The summed E-state index contributed by atoms with van der Waals surface area (Å²) in [4.78, 5) is 4.53. The average molecular weight is 437 g/mol. The van der Waals surface area contributed by atoms with Crippen molar-refractivity contribution in [3.63, 3.8) is 0 Å². The van der Waals surface area contributed by atoms with Gasteiger partial charge in [0.1, 0.15) is 5.52 Å². The Morgan fingerprint density at radius 2 is 1.57 bits per heavy atom. The molecule has 4 rings (SSSR count). The molecule has 0 amide bonds. The standard InChI is InChI=1S/C23H17ClN2O3S/c24-20-15-21(26-30(28,29)18-9-5-2-6-10-18)23(27)22-19(20)14-13-17(25-22)12-11-16-7-3-1-4-8-16/h1-15,26-27H. The molecular weight excluding hydrogens is 420 g/mol. The Morgan fingerprint density at radius 1 is 0.900 bits per heavy atom. The molecule has 30 heavy (non-hydrogen) atoms. The predicted octanol–water partition coefficient (Wildman–Crippen LogP) is 5.57. The molecule has 0 unspecified atom stereocenters. The Kier molecular flexibility index (Phi) is 5.44. The van der Waals surface area contributed by atoms with E-state index in [1.165, 1.54) is 18.2 Å². The summed E-state index contributed by atoms with van der Waals surface area (Å²) in [6.07, 6.45) is 3.71. The topological polar surface area (TPSA) is 79.3 Å². The van der Waals surface area contributed by atoms with Gasteiger partial charge in [0.05, 0.1) is 21.3 Å². The third-order valence-electron chi connectivity index (χ3n) is 4.47. The monoisotopic (exact) mass is 436 g/mol. The highest BCUT2D eigenvalue weighted by Gasteiger charge is 2.19. The molecular formula is C23H17ClN2O3S. The van der Waals surface area contributed by atoms with Crippen LogP contribution in [0.4, 0.5) is 5.69 Å². The van der Waals surface area contributed by atoms with Gasteiger partial charge in [-0.3, -0.25) is 4.72 Å². The molecule has 0 atom stereocenters. The molecule has 2 N–H and O–H groups in total. The summed E-state index contributed by atoms with van der Waals surface area (Å²) < 4.78 is 27.7. The average Bonchev–Trinajstić information content (AvgIpc) is 2.77. The third-order valence-corrected chi connectivity index (χ3v) is 6.16. The minimum atomic E-state index is -3.89. The Labute approximate surface area is 179 Å². The number of phenolic OH excluding ortho intramolecular Hbond substituents is 1. The van der Waals surface area contributed by atoms with Crippen LogP contribution in [0, 0.1) is 0 Å². The first-order valence-electron chi connectivity index (χ1n) is 9.07. The maximum absolute atomic E-state index is 12.6. The van der Waals surface area contributed by atoms with E-state index in [1.807, 2.05) is 42.5 Å². The van der Waals surface area contributed by atoms with Crippen LogP contribution in [0.1, 0.15) is 11.3 Å². The quantitative estimate of drug-likeness (QED) is 0.401. The number of halogens is 1. The maximum atomic E-state index is 12.6. The molecule has 0 radical (unpaired) electrons. The smallest absolute Gasteiger partial charge is 0.262 e. The van der Waals surface area contributed by atoms with E-state index in [-0.39, 0.29) is 26.9 Å². The van der Waals surface area contributed by atoms with Crippen LogP contribution in [-0.4, -0.2) is 18.5 Å². The zero-order valence-electron chi connectivity index (χ0n) is 15.7. The second-order valence-corrected chi connectivity index (χ2v) is 8.64. The number of benzene rings is 3. The number of nitrogens with zero attached hydrogens (tertiary/aromatic N) is 1. The number of sulfonamides is 1. The van der Waals surface area contributed by atoms with Crippen molar-refractivity contribution < 1.29 is 13.5 Å². The van der Waals surface area contributed by atoms with Crippen molar-refractivity contribution in [3.05, 3.63) is 95.1 Å². The second-order valence-electron chi connectivity index (χ2n) is 6.55. The molecule has 0 aliphatic heterocycles. The van der Waals surface area contributed by atoms with Gasteiger partial charge < -0.3 is 5.11 Å². The van der Waals surface area contributed by atoms with Gasteiger partial charge in [0.15, 0.2) is 5.75 Å². The van der Waals surface area contributed by atoms with Gasteiger partial charge in [-0.05, 0) is 42.0 Å². The highest BCUT2D eigenvalue weighted by atomic mass is 35.5. The van der Waals surface area contributed by atoms with Gasteiger partial charge in [-0.2, -0.15) is 0 Å². The predicted molar refractivity (Wildman–Crippen MR) is 121 cm³/mol. The van der Waals surface area contributed by atoms with Crippen molar-refractivity contribution in [3.8, 4) is 5.75 Å². The molecule has 3 aromatic carbocycles. The SMILES string of the molecule is O=S(=O)(Nc1cc(Cl)c2ccc(C=Cc3ccccc3)nc2c1O)c1ccccc1. The van der Waals surface area contributed by atoms with Crippen LogP contribution in [0.15, 0.2) is 83.8 Å². The van der Waals surface area contributed by atoms with Gasteiger partial charge in [-0.1, -0.05) is 66.2 Å². The Bertz CT molecular complexity index is 1340. The molecule has 0 aliphatic rings. The Hall–Kier alpha value is -3.35. The second kappa shape index (κ2) is 8.18. The van der Waals surface area contributed by atoms with Crippen LogP contribution >= 0.6 is 11.6 Å². The minimum Gasteiger partial charge on any atom is -0.504 e. The highest BCUT2D eigenvalue weighted by Crippen LogP contribution is 2.38. The van der Waals surface area contributed by atoms with Gasteiger partial charge in [0, 0.05) is 5.39 Å². The van der Waals surface area contributed by atoms with Gasteiger partial charge in [0.2, 0.25) is 0 Å². The molecule has 0 spiro atoms. The third kappa shape index (κ3) is 4.15. The number of phenols is 1. The van der Waals surface area contributed by atoms with E-state index in [0.29, 0.717) is 11.1 Å². The van der Waals surface area contributed by atoms with Gasteiger partial charge >= 0.3 is 0 Å². The van der Waals surface area contributed by atoms with Crippen LogP contribution in [0.5, 0.6) is 5.75 Å². The molecule has 0 bridgehead atoms. The van der Waals surface area contributed by atoms with Crippen LogP contribution in [-0.2, 0) is 10.0 Å². The summed E-state index contributed by atoms with van der Waals surface area (Å²) in [6, 6.07) is 22.5. The number of anilines is 1. The number of aromatic hydroxyl groups is 1. The van der Waals surface area contributed by atoms with Crippen molar-refractivity contribution in [1.82, 2.24) is 4.98 Å². The minimum absolute atomic E-state index is 0.0342. The first-order chi connectivity index (χ1) is 14.4. The fourth-order valence-electron chi connectivity index (χ4n) is 2.97. The summed E-state index contributed by atoms with van der Waals surface area (Å²) in [5, 5.41) is 11.5. The van der Waals surface area contributed by atoms with E-state index < -0.39 is 10.0 Å². The number of rotatable bonds is 5. The Balaban J connectivity index is 1.73. The normalized spacial score (nSPS) is 11.8. The molecule has 0 aliphatic carbocycles. The molecule has 5 nitrogen and oxygen atoms in total. The summed E-state index contributed by atoms with van der Waals surface area (Å²) >= 11 is 6.33. The fourth-order valence-corrected chi connectivity index (χ4v) is 4.31. The van der Waals surface area contributed by atoms with Crippen molar-refractivity contribution in [2.24, 2.45) is 0 Å². The lowest BCUT2D eigenvalue weighted by Gasteiger charge is -2.12. The van der Waals surface area contributed by atoms with Crippen molar-refractivity contribution in [2.45, 2.75) is 4.90 Å². The molecule has 1 heterocycles. The number of hydrogen-bond acceptors (Lipinski definition) is 4. The molecule has 7 heteroatoms. The van der Waals surface area contributed by atoms with Crippen LogP contribution in [0.25, 0.3) is 23.1 Å². The van der Waals surface area contributed by atoms with Crippen LogP contribution in [0.2, 0.25) is 5.02 Å². The van der Waals surface area contributed by atoms with Crippen LogP contribution in [0.3, 0.4) is 0 Å². The highest BCUT2D eigenvalue weighted by molar-refractivity contribution is 7.92. The Morgan fingerprint density at radius 3 is 2.27 bits per heavy atom.